The second kappa shape index (κ2) is 10.8. The molecule has 1 unspecified atom stereocenters. The van der Waals surface area contributed by atoms with Gasteiger partial charge in [0.2, 0.25) is 0 Å². The van der Waals surface area contributed by atoms with Crippen LogP contribution in [0.3, 0.4) is 0 Å². The first kappa shape index (κ1) is 26.4. The molecule has 0 fully saturated rings. The van der Waals surface area contributed by atoms with Gasteiger partial charge in [-0.1, -0.05) is 37.8 Å². The summed E-state index contributed by atoms with van der Waals surface area (Å²) in [5.74, 6) is -0.662. The number of amides is 1. The van der Waals surface area contributed by atoms with E-state index in [2.05, 4.69) is 16.3 Å². The summed E-state index contributed by atoms with van der Waals surface area (Å²) in [6.45, 7) is 5.55. The number of nitrogens with zero attached hydrogens (tertiary/aromatic N) is 1. The number of para-hydroxylation sites is 1. The Morgan fingerprint density at radius 2 is 1.89 bits per heavy atom. The summed E-state index contributed by atoms with van der Waals surface area (Å²) in [7, 11) is -2.80. The highest BCUT2D eigenvalue weighted by atomic mass is 32.2. The van der Waals surface area contributed by atoms with E-state index in [0.717, 1.165) is 11.1 Å². The maximum Gasteiger partial charge on any atom is 0.270 e. The Bertz CT molecular complexity index is 1640. The molecule has 0 aliphatic heterocycles. The fourth-order valence-corrected chi connectivity index (χ4v) is 5.28. The SMILES string of the molecule is C=CCOc1ccccc1S(=O)(=O)NC(=O)c1ccc(C(C)c2c[nH]c3ccc([N+](=O)[O-])cc23)c(OC)c1. The van der Waals surface area contributed by atoms with Crippen LogP contribution in [0.15, 0.2) is 84.4 Å². The van der Waals surface area contributed by atoms with E-state index in [9.17, 15) is 23.3 Å². The number of carbonyl (C=O) groups excluding carboxylic acids is 1. The second-order valence-corrected chi connectivity index (χ2v) is 10.0. The van der Waals surface area contributed by atoms with Gasteiger partial charge in [-0.15, -0.1) is 0 Å². The molecule has 196 valence electrons. The fraction of sp³-hybridized carbons (Fsp3) is 0.148. The summed E-state index contributed by atoms with van der Waals surface area (Å²) < 4.78 is 39.0. The van der Waals surface area contributed by atoms with Gasteiger partial charge < -0.3 is 14.5 Å². The smallest absolute Gasteiger partial charge is 0.270 e. The van der Waals surface area contributed by atoms with Crippen molar-refractivity contribution in [2.45, 2.75) is 17.7 Å². The number of H-pyrrole nitrogens is 1. The van der Waals surface area contributed by atoms with E-state index in [-0.39, 0.29) is 34.4 Å². The lowest BCUT2D eigenvalue weighted by molar-refractivity contribution is -0.384. The summed E-state index contributed by atoms with van der Waals surface area (Å²) >= 11 is 0. The number of aromatic nitrogens is 1. The highest BCUT2D eigenvalue weighted by Crippen LogP contribution is 2.37. The monoisotopic (exact) mass is 535 g/mol. The minimum atomic E-state index is -4.24. The lowest BCUT2D eigenvalue weighted by Crippen LogP contribution is -2.31. The maximum atomic E-state index is 13.0. The topological polar surface area (TPSA) is 141 Å². The van der Waals surface area contributed by atoms with Crippen molar-refractivity contribution in [3.63, 3.8) is 0 Å². The van der Waals surface area contributed by atoms with E-state index in [0.29, 0.717) is 16.7 Å². The summed E-state index contributed by atoms with van der Waals surface area (Å²) in [4.78, 5) is 26.7. The fourth-order valence-electron chi connectivity index (χ4n) is 4.16. The number of nitro groups is 1. The van der Waals surface area contributed by atoms with Crippen LogP contribution in [0, 0.1) is 10.1 Å². The van der Waals surface area contributed by atoms with Gasteiger partial charge in [-0.05, 0) is 35.9 Å². The van der Waals surface area contributed by atoms with Crippen LogP contribution < -0.4 is 14.2 Å². The minimum absolute atomic E-state index is 0.0257. The number of hydrogen-bond acceptors (Lipinski definition) is 7. The lowest BCUT2D eigenvalue weighted by atomic mass is 9.91. The van der Waals surface area contributed by atoms with Crippen molar-refractivity contribution in [1.82, 2.24) is 9.71 Å². The number of sulfonamides is 1. The van der Waals surface area contributed by atoms with E-state index in [1.165, 1.54) is 55.7 Å². The summed E-state index contributed by atoms with van der Waals surface area (Å²) in [6, 6.07) is 15.2. The Hall–Kier alpha value is -4.64. The molecule has 2 N–H and O–H groups in total. The van der Waals surface area contributed by atoms with Gasteiger partial charge in [-0.3, -0.25) is 14.9 Å². The molecule has 38 heavy (non-hydrogen) atoms. The Labute approximate surface area is 219 Å². The highest BCUT2D eigenvalue weighted by Gasteiger charge is 2.25. The third-order valence-corrected chi connectivity index (χ3v) is 7.43. The molecular weight excluding hydrogens is 510 g/mol. The Morgan fingerprint density at radius 3 is 2.61 bits per heavy atom. The van der Waals surface area contributed by atoms with Gasteiger partial charge in [0.05, 0.1) is 12.0 Å². The van der Waals surface area contributed by atoms with Gasteiger partial charge >= 0.3 is 0 Å². The van der Waals surface area contributed by atoms with Crippen LogP contribution in [0.1, 0.15) is 34.3 Å². The van der Waals surface area contributed by atoms with Gasteiger partial charge in [0.15, 0.2) is 0 Å². The first-order chi connectivity index (χ1) is 18.2. The van der Waals surface area contributed by atoms with Crippen molar-refractivity contribution in [1.29, 1.82) is 0 Å². The molecule has 0 saturated heterocycles. The highest BCUT2D eigenvalue weighted by molar-refractivity contribution is 7.90. The van der Waals surface area contributed by atoms with Crippen molar-refractivity contribution in [3.05, 3.63) is 106 Å². The van der Waals surface area contributed by atoms with Crippen LogP contribution in [-0.4, -0.2) is 37.9 Å². The summed E-state index contributed by atoms with van der Waals surface area (Å²) in [5.41, 5.74) is 2.30. The number of nitrogens with one attached hydrogen (secondary N) is 2. The van der Waals surface area contributed by atoms with E-state index in [1.54, 1.807) is 24.4 Å². The van der Waals surface area contributed by atoms with Crippen LogP contribution in [0.25, 0.3) is 10.9 Å². The quantitative estimate of drug-likeness (QED) is 0.167. The Balaban J connectivity index is 1.63. The summed E-state index contributed by atoms with van der Waals surface area (Å²) in [6.07, 6.45) is 3.26. The average Bonchev–Trinajstić information content (AvgIpc) is 3.34. The predicted molar refractivity (Wildman–Crippen MR) is 142 cm³/mol. The normalized spacial score (nSPS) is 12.1. The van der Waals surface area contributed by atoms with Crippen LogP contribution in [0.2, 0.25) is 0 Å². The first-order valence-corrected chi connectivity index (χ1v) is 13.0. The van der Waals surface area contributed by atoms with E-state index >= 15 is 0 Å². The molecule has 0 aliphatic rings. The second-order valence-electron chi connectivity index (χ2n) is 8.39. The number of aromatic amines is 1. The molecule has 10 nitrogen and oxygen atoms in total. The van der Waals surface area contributed by atoms with E-state index in [1.807, 2.05) is 6.92 Å². The van der Waals surface area contributed by atoms with Crippen LogP contribution in [0.5, 0.6) is 11.5 Å². The first-order valence-electron chi connectivity index (χ1n) is 11.5. The van der Waals surface area contributed by atoms with Gasteiger partial charge in [0.1, 0.15) is 23.0 Å². The number of ether oxygens (including phenoxy) is 2. The molecular formula is C27H25N3O7S. The molecule has 0 aliphatic carbocycles. The Morgan fingerprint density at radius 1 is 1.13 bits per heavy atom. The maximum absolute atomic E-state index is 13.0. The largest absolute Gasteiger partial charge is 0.496 e. The van der Waals surface area contributed by atoms with Gasteiger partial charge in [0.25, 0.3) is 21.6 Å². The minimum Gasteiger partial charge on any atom is -0.496 e. The standard InChI is InChI=1S/C27H25N3O7S/c1-4-13-37-24-7-5-6-8-26(24)38(34,35)29-27(31)18-9-11-20(25(14-18)36-3)17(2)22-16-28-23-12-10-19(30(32)33)15-21(22)23/h4-12,14-17,28H,1,13H2,2-3H3,(H,29,31). The zero-order valence-electron chi connectivity index (χ0n) is 20.6. The number of carbonyl (C=O) groups is 1. The number of nitro benzene ring substituents is 1. The van der Waals surface area contributed by atoms with E-state index < -0.39 is 20.9 Å². The number of non-ortho nitro benzene ring substituents is 1. The van der Waals surface area contributed by atoms with Crippen LogP contribution in [0.4, 0.5) is 5.69 Å². The number of benzene rings is 3. The molecule has 0 radical (unpaired) electrons. The Kier molecular flexibility index (Phi) is 7.49. The zero-order valence-corrected chi connectivity index (χ0v) is 21.4. The number of hydrogen-bond donors (Lipinski definition) is 2. The molecule has 1 atom stereocenters. The number of fused-ring (bicyclic) bond motifs is 1. The number of rotatable bonds is 10. The molecule has 11 heteroatoms. The molecule has 0 saturated carbocycles. The molecule has 1 amide bonds. The average molecular weight is 536 g/mol. The molecule has 1 heterocycles. The zero-order chi connectivity index (χ0) is 27.4. The molecule has 4 rings (SSSR count). The van der Waals surface area contributed by atoms with E-state index in [4.69, 9.17) is 9.47 Å². The van der Waals surface area contributed by atoms with Gasteiger partial charge in [-0.25, -0.2) is 13.1 Å². The summed E-state index contributed by atoms with van der Waals surface area (Å²) in [5, 5.41) is 12.0. The van der Waals surface area contributed by atoms with Crippen molar-refractivity contribution in [2.75, 3.05) is 13.7 Å². The molecule has 3 aromatic carbocycles. The van der Waals surface area contributed by atoms with Crippen molar-refractivity contribution in [3.8, 4) is 11.5 Å². The van der Waals surface area contributed by atoms with Gasteiger partial charge in [0, 0.05) is 46.3 Å². The molecule has 1 aromatic heterocycles. The third-order valence-electron chi connectivity index (χ3n) is 6.06. The van der Waals surface area contributed by atoms with Crippen molar-refractivity contribution < 1.29 is 27.6 Å². The van der Waals surface area contributed by atoms with Crippen LogP contribution in [-0.2, 0) is 10.0 Å². The molecule has 4 aromatic rings. The van der Waals surface area contributed by atoms with Crippen molar-refractivity contribution >= 4 is 32.5 Å². The third kappa shape index (κ3) is 5.23. The number of methoxy groups -OCH3 is 1. The molecule has 0 spiro atoms. The molecule has 0 bridgehead atoms. The predicted octanol–water partition coefficient (Wildman–Crippen LogP) is 4.92. The van der Waals surface area contributed by atoms with Crippen molar-refractivity contribution in [2.24, 2.45) is 0 Å². The lowest BCUT2D eigenvalue weighted by Gasteiger charge is -2.17. The van der Waals surface area contributed by atoms with Crippen LogP contribution >= 0.6 is 0 Å². The van der Waals surface area contributed by atoms with Gasteiger partial charge in [-0.2, -0.15) is 0 Å².